The first-order valence-corrected chi connectivity index (χ1v) is 8.67. The number of benzene rings is 2. The van der Waals surface area contributed by atoms with Gasteiger partial charge in [0.15, 0.2) is 0 Å². The van der Waals surface area contributed by atoms with Crippen LogP contribution in [0.15, 0.2) is 42.5 Å². The molecule has 2 rings (SSSR count). The van der Waals surface area contributed by atoms with Crippen LogP contribution in [0.25, 0.3) is 0 Å². The smallest absolute Gasteiger partial charge is 0.416 e. The number of hydrogen-bond acceptors (Lipinski definition) is 4. The van der Waals surface area contributed by atoms with Gasteiger partial charge < -0.3 is 20.1 Å². The second kappa shape index (κ2) is 10.2. The molecular weight excluding hydrogens is 401 g/mol. The molecule has 0 aliphatic heterocycles. The zero-order valence-electron chi connectivity index (χ0n) is 16.2. The van der Waals surface area contributed by atoms with E-state index in [4.69, 9.17) is 9.47 Å². The topological polar surface area (TPSA) is 76.7 Å². The quantitative estimate of drug-likeness (QED) is 0.575. The molecule has 0 spiro atoms. The van der Waals surface area contributed by atoms with Crippen LogP contribution in [0.3, 0.4) is 0 Å². The SMILES string of the molecule is COC(=O)c1cc(CNC(=O)NCC#Cc2cccc(C(F)(F)F)c2)ccc1OC. The van der Waals surface area contributed by atoms with Crippen LogP contribution in [0, 0.1) is 11.8 Å². The van der Waals surface area contributed by atoms with Crippen LogP contribution in [0.1, 0.15) is 27.0 Å². The van der Waals surface area contributed by atoms with Gasteiger partial charge in [0.2, 0.25) is 0 Å². The maximum absolute atomic E-state index is 12.7. The van der Waals surface area contributed by atoms with Crippen molar-refractivity contribution in [2.24, 2.45) is 0 Å². The summed E-state index contributed by atoms with van der Waals surface area (Å²) in [7, 11) is 2.67. The summed E-state index contributed by atoms with van der Waals surface area (Å²) in [4.78, 5) is 23.6. The fourth-order valence-corrected chi connectivity index (χ4v) is 2.42. The van der Waals surface area contributed by atoms with E-state index < -0.39 is 23.7 Å². The number of amides is 2. The molecule has 0 fully saturated rings. The third-order valence-corrected chi connectivity index (χ3v) is 3.88. The summed E-state index contributed by atoms with van der Waals surface area (Å²) in [6.07, 6.45) is -4.44. The Kier molecular flexibility index (Phi) is 7.69. The Morgan fingerprint density at radius 2 is 1.83 bits per heavy atom. The van der Waals surface area contributed by atoms with E-state index in [2.05, 4.69) is 22.5 Å². The number of esters is 1. The summed E-state index contributed by atoms with van der Waals surface area (Å²) >= 11 is 0. The Morgan fingerprint density at radius 1 is 1.07 bits per heavy atom. The molecule has 0 saturated carbocycles. The lowest BCUT2D eigenvalue weighted by Gasteiger charge is -2.10. The minimum atomic E-state index is -4.44. The highest BCUT2D eigenvalue weighted by Gasteiger charge is 2.30. The monoisotopic (exact) mass is 420 g/mol. The molecule has 2 aromatic rings. The maximum atomic E-state index is 12.7. The van der Waals surface area contributed by atoms with Gasteiger partial charge in [-0.15, -0.1) is 0 Å². The van der Waals surface area contributed by atoms with Crippen molar-refractivity contribution in [1.82, 2.24) is 10.6 Å². The van der Waals surface area contributed by atoms with Gasteiger partial charge in [-0.05, 0) is 35.9 Å². The normalized spacial score (nSPS) is 10.4. The van der Waals surface area contributed by atoms with Crippen LogP contribution in [0.4, 0.5) is 18.0 Å². The predicted octanol–water partition coefficient (Wildman–Crippen LogP) is 3.35. The second-order valence-electron chi connectivity index (χ2n) is 5.94. The summed E-state index contributed by atoms with van der Waals surface area (Å²) in [5.74, 6) is 4.94. The van der Waals surface area contributed by atoms with Gasteiger partial charge in [-0.25, -0.2) is 9.59 Å². The van der Waals surface area contributed by atoms with E-state index in [1.807, 2.05) is 0 Å². The van der Waals surface area contributed by atoms with Gasteiger partial charge in [-0.1, -0.05) is 24.0 Å². The van der Waals surface area contributed by atoms with E-state index in [1.54, 1.807) is 18.2 Å². The lowest BCUT2D eigenvalue weighted by molar-refractivity contribution is -0.137. The standard InChI is InChI=1S/C21H19F3N2O4/c1-29-18-9-8-15(12-17(18)19(27)30-2)13-26-20(28)25-10-4-6-14-5-3-7-16(11-14)21(22,23)24/h3,5,7-9,11-12H,10,13H2,1-2H3,(H2,25,26,28). The number of halogens is 3. The van der Waals surface area contributed by atoms with Gasteiger partial charge in [0.25, 0.3) is 0 Å². The Hall–Kier alpha value is -3.67. The highest BCUT2D eigenvalue weighted by atomic mass is 19.4. The Morgan fingerprint density at radius 3 is 2.50 bits per heavy atom. The number of carbonyl (C=O) groups excluding carboxylic acids is 2. The summed E-state index contributed by atoms with van der Waals surface area (Å²) in [5, 5.41) is 5.07. The summed E-state index contributed by atoms with van der Waals surface area (Å²) < 4.78 is 47.8. The first-order valence-electron chi connectivity index (χ1n) is 8.67. The number of rotatable bonds is 5. The third-order valence-electron chi connectivity index (χ3n) is 3.88. The lowest BCUT2D eigenvalue weighted by Crippen LogP contribution is -2.35. The number of methoxy groups -OCH3 is 2. The van der Waals surface area contributed by atoms with Crippen LogP contribution < -0.4 is 15.4 Å². The van der Waals surface area contributed by atoms with Gasteiger partial charge in [-0.2, -0.15) is 13.2 Å². The predicted molar refractivity (Wildman–Crippen MR) is 103 cm³/mol. The summed E-state index contributed by atoms with van der Waals surface area (Å²) in [5.41, 5.74) is 0.277. The first kappa shape index (κ1) is 22.6. The van der Waals surface area contributed by atoms with Crippen molar-refractivity contribution >= 4 is 12.0 Å². The van der Waals surface area contributed by atoms with Gasteiger partial charge in [-0.3, -0.25) is 0 Å². The highest BCUT2D eigenvalue weighted by molar-refractivity contribution is 5.92. The molecule has 0 aliphatic rings. The maximum Gasteiger partial charge on any atom is 0.416 e. The van der Waals surface area contributed by atoms with Gasteiger partial charge >= 0.3 is 18.2 Å². The van der Waals surface area contributed by atoms with E-state index >= 15 is 0 Å². The van der Waals surface area contributed by atoms with Crippen LogP contribution in [-0.4, -0.2) is 32.8 Å². The zero-order chi connectivity index (χ0) is 22.1. The minimum absolute atomic E-state index is 0.0574. The molecule has 158 valence electrons. The van der Waals surface area contributed by atoms with Gasteiger partial charge in [0, 0.05) is 12.1 Å². The molecule has 9 heteroatoms. The molecule has 0 heterocycles. The average molecular weight is 420 g/mol. The minimum Gasteiger partial charge on any atom is -0.496 e. The van der Waals surface area contributed by atoms with Crippen molar-refractivity contribution < 1.29 is 32.2 Å². The van der Waals surface area contributed by atoms with Crippen LogP contribution in [0.5, 0.6) is 5.75 Å². The van der Waals surface area contributed by atoms with E-state index in [0.29, 0.717) is 11.3 Å². The number of hydrogen-bond donors (Lipinski definition) is 2. The molecule has 0 aromatic heterocycles. The molecule has 0 unspecified atom stereocenters. The van der Waals surface area contributed by atoms with E-state index in [1.165, 1.54) is 26.4 Å². The van der Waals surface area contributed by atoms with Crippen molar-refractivity contribution in [3.8, 4) is 17.6 Å². The molecule has 0 saturated heterocycles. The Bertz CT molecular complexity index is 978. The molecule has 2 N–H and O–H groups in total. The fourth-order valence-electron chi connectivity index (χ4n) is 2.42. The molecular formula is C21H19F3N2O4. The number of nitrogens with one attached hydrogen (secondary N) is 2. The van der Waals surface area contributed by atoms with Crippen molar-refractivity contribution in [2.45, 2.75) is 12.7 Å². The number of alkyl halides is 3. The third kappa shape index (κ3) is 6.44. The summed E-state index contributed by atoms with van der Waals surface area (Å²) in [6, 6.07) is 8.90. The van der Waals surface area contributed by atoms with Crippen molar-refractivity contribution in [3.05, 3.63) is 64.7 Å². The Balaban J connectivity index is 1.88. The van der Waals surface area contributed by atoms with Crippen LogP contribution in [0.2, 0.25) is 0 Å². The fraction of sp³-hybridized carbons (Fsp3) is 0.238. The molecule has 2 aromatic carbocycles. The van der Waals surface area contributed by atoms with E-state index in [9.17, 15) is 22.8 Å². The Labute approximate surface area is 171 Å². The summed E-state index contributed by atoms with van der Waals surface area (Å²) in [6.45, 7) is 0.0684. The van der Waals surface area contributed by atoms with E-state index in [-0.39, 0.29) is 24.2 Å². The number of ether oxygens (including phenoxy) is 2. The molecule has 0 atom stereocenters. The first-order chi connectivity index (χ1) is 14.2. The molecule has 0 bridgehead atoms. The van der Waals surface area contributed by atoms with Crippen LogP contribution in [-0.2, 0) is 17.5 Å². The van der Waals surface area contributed by atoms with E-state index in [0.717, 1.165) is 12.1 Å². The number of carbonyl (C=O) groups is 2. The molecule has 2 amide bonds. The molecule has 0 aliphatic carbocycles. The van der Waals surface area contributed by atoms with Crippen molar-refractivity contribution in [1.29, 1.82) is 0 Å². The zero-order valence-corrected chi connectivity index (χ0v) is 16.2. The lowest BCUT2D eigenvalue weighted by atomic mass is 10.1. The average Bonchev–Trinajstić information content (AvgIpc) is 2.74. The highest BCUT2D eigenvalue weighted by Crippen LogP contribution is 2.29. The van der Waals surface area contributed by atoms with Gasteiger partial charge in [0.1, 0.15) is 11.3 Å². The van der Waals surface area contributed by atoms with Gasteiger partial charge in [0.05, 0.1) is 26.3 Å². The van der Waals surface area contributed by atoms with Crippen molar-refractivity contribution in [2.75, 3.05) is 20.8 Å². The molecule has 0 radical (unpaired) electrons. The van der Waals surface area contributed by atoms with Crippen molar-refractivity contribution in [3.63, 3.8) is 0 Å². The molecule has 6 nitrogen and oxygen atoms in total. The molecule has 30 heavy (non-hydrogen) atoms. The second-order valence-corrected chi connectivity index (χ2v) is 5.94. The number of urea groups is 1. The largest absolute Gasteiger partial charge is 0.496 e. The van der Waals surface area contributed by atoms with Crippen LogP contribution >= 0.6 is 0 Å².